The van der Waals surface area contributed by atoms with Crippen LogP contribution in [0, 0.1) is 0 Å². The van der Waals surface area contributed by atoms with E-state index in [4.69, 9.17) is 5.73 Å². The number of likely N-dealkylation sites (N-methyl/N-ethyl adjacent to an activating group) is 1. The van der Waals surface area contributed by atoms with Crippen molar-refractivity contribution >= 4 is 11.8 Å². The first-order valence-electron chi connectivity index (χ1n) is 7.05. The molecule has 1 aromatic rings. The molecule has 4 N–H and O–H groups in total. The van der Waals surface area contributed by atoms with Crippen LogP contribution in [-0.4, -0.2) is 29.6 Å². The van der Waals surface area contributed by atoms with E-state index >= 15 is 0 Å². The second kappa shape index (κ2) is 5.84. The number of amides is 2. The summed E-state index contributed by atoms with van der Waals surface area (Å²) in [6.45, 7) is 0. The first kappa shape index (κ1) is 17.3. The maximum Gasteiger partial charge on any atom is 0.417 e. The van der Waals surface area contributed by atoms with E-state index in [9.17, 15) is 27.9 Å². The molecule has 1 fully saturated rings. The lowest BCUT2D eigenvalue weighted by Crippen LogP contribution is -2.49. The summed E-state index contributed by atoms with van der Waals surface area (Å²) < 4.78 is 40.5. The number of rotatable bonds is 4. The van der Waals surface area contributed by atoms with E-state index in [1.165, 1.54) is 13.1 Å². The number of hydrogen-bond donors (Lipinski definition) is 3. The van der Waals surface area contributed by atoms with Gasteiger partial charge >= 0.3 is 6.18 Å². The van der Waals surface area contributed by atoms with Crippen molar-refractivity contribution in [3.63, 3.8) is 0 Å². The second-order valence-corrected chi connectivity index (χ2v) is 5.64. The average Bonchev–Trinajstić information content (AvgIpc) is 2.43. The van der Waals surface area contributed by atoms with Gasteiger partial charge in [0, 0.05) is 7.05 Å². The van der Waals surface area contributed by atoms with Crippen LogP contribution in [0.3, 0.4) is 0 Å². The van der Waals surface area contributed by atoms with Gasteiger partial charge in [0.25, 0.3) is 0 Å². The molecule has 1 unspecified atom stereocenters. The van der Waals surface area contributed by atoms with Crippen LogP contribution in [0.25, 0.3) is 0 Å². The molecule has 0 saturated heterocycles. The SMILES string of the molecule is CNC(=O)C(c1cccc(C(N)=O)c1C(F)(F)F)C1(O)CCC1. The monoisotopic (exact) mass is 330 g/mol. The molecule has 8 heteroatoms. The maximum atomic E-state index is 13.5. The van der Waals surface area contributed by atoms with Gasteiger partial charge in [0.2, 0.25) is 11.8 Å². The van der Waals surface area contributed by atoms with Crippen LogP contribution in [0.5, 0.6) is 0 Å². The summed E-state index contributed by atoms with van der Waals surface area (Å²) in [6, 6.07) is 3.29. The average molecular weight is 330 g/mol. The van der Waals surface area contributed by atoms with Crippen LogP contribution in [0.2, 0.25) is 0 Å². The van der Waals surface area contributed by atoms with Crippen molar-refractivity contribution in [1.29, 1.82) is 0 Å². The normalized spacial score (nSPS) is 18.0. The summed E-state index contributed by atoms with van der Waals surface area (Å²) in [6.07, 6.45) is -3.85. The predicted octanol–water partition coefficient (Wildman–Crippen LogP) is 1.55. The molecule has 2 rings (SSSR count). The van der Waals surface area contributed by atoms with Crippen molar-refractivity contribution in [2.24, 2.45) is 5.73 Å². The Balaban J connectivity index is 2.71. The molecular formula is C15H17F3N2O3. The zero-order valence-corrected chi connectivity index (χ0v) is 12.4. The molecule has 0 bridgehead atoms. The number of carbonyl (C=O) groups is 2. The summed E-state index contributed by atoms with van der Waals surface area (Å²) in [5.41, 5.74) is 1.07. The Kier molecular flexibility index (Phi) is 4.39. The van der Waals surface area contributed by atoms with Crippen molar-refractivity contribution in [2.45, 2.75) is 37.0 Å². The van der Waals surface area contributed by atoms with Gasteiger partial charge < -0.3 is 16.2 Å². The third-order valence-electron chi connectivity index (χ3n) is 4.22. The molecule has 126 valence electrons. The topological polar surface area (TPSA) is 92.4 Å². The minimum Gasteiger partial charge on any atom is -0.389 e. The molecule has 1 atom stereocenters. The Morgan fingerprint density at radius 3 is 2.35 bits per heavy atom. The molecule has 0 radical (unpaired) electrons. The summed E-state index contributed by atoms with van der Waals surface area (Å²) in [7, 11) is 1.28. The fourth-order valence-corrected chi connectivity index (χ4v) is 2.98. The highest BCUT2D eigenvalue weighted by molar-refractivity contribution is 5.96. The van der Waals surface area contributed by atoms with Crippen LogP contribution < -0.4 is 11.1 Å². The largest absolute Gasteiger partial charge is 0.417 e. The molecule has 23 heavy (non-hydrogen) atoms. The van der Waals surface area contributed by atoms with E-state index in [1.54, 1.807) is 0 Å². The smallest absolute Gasteiger partial charge is 0.389 e. The van der Waals surface area contributed by atoms with Crippen LogP contribution in [0.4, 0.5) is 13.2 Å². The zero-order valence-electron chi connectivity index (χ0n) is 12.4. The van der Waals surface area contributed by atoms with Crippen LogP contribution >= 0.6 is 0 Å². The van der Waals surface area contributed by atoms with Crippen molar-refractivity contribution in [3.05, 3.63) is 34.9 Å². The molecule has 0 aliphatic heterocycles. The molecule has 0 spiro atoms. The molecule has 1 aliphatic rings. The van der Waals surface area contributed by atoms with Crippen LogP contribution in [-0.2, 0) is 11.0 Å². The summed E-state index contributed by atoms with van der Waals surface area (Å²) >= 11 is 0. The molecule has 0 aromatic heterocycles. The van der Waals surface area contributed by atoms with E-state index in [1.807, 2.05) is 0 Å². The third kappa shape index (κ3) is 3.03. The van der Waals surface area contributed by atoms with Crippen molar-refractivity contribution in [2.75, 3.05) is 7.05 Å². The van der Waals surface area contributed by atoms with Gasteiger partial charge in [0.1, 0.15) is 0 Å². The number of carbonyl (C=O) groups excluding carboxylic acids is 2. The van der Waals surface area contributed by atoms with Gasteiger partial charge in [-0.3, -0.25) is 9.59 Å². The Labute approximate surface area is 130 Å². The van der Waals surface area contributed by atoms with Gasteiger partial charge in [-0.25, -0.2) is 0 Å². The molecule has 0 heterocycles. The van der Waals surface area contributed by atoms with Crippen LogP contribution in [0.15, 0.2) is 18.2 Å². The van der Waals surface area contributed by atoms with Gasteiger partial charge in [-0.15, -0.1) is 0 Å². The molecule has 2 amide bonds. The number of halogens is 3. The predicted molar refractivity (Wildman–Crippen MR) is 75.6 cm³/mol. The fraction of sp³-hybridized carbons (Fsp3) is 0.467. The number of benzene rings is 1. The third-order valence-corrected chi connectivity index (χ3v) is 4.22. The molecular weight excluding hydrogens is 313 g/mol. The zero-order chi connectivity index (χ0) is 17.4. The highest BCUT2D eigenvalue weighted by Crippen LogP contribution is 2.47. The molecule has 5 nitrogen and oxygen atoms in total. The Bertz CT molecular complexity index is 639. The number of primary amides is 1. The molecule has 1 aromatic carbocycles. The van der Waals surface area contributed by atoms with Crippen molar-refractivity contribution in [1.82, 2.24) is 5.32 Å². The quantitative estimate of drug-likeness (QED) is 0.782. The van der Waals surface area contributed by atoms with Gasteiger partial charge in [0.15, 0.2) is 0 Å². The van der Waals surface area contributed by atoms with Crippen molar-refractivity contribution in [3.8, 4) is 0 Å². The highest BCUT2D eigenvalue weighted by atomic mass is 19.4. The number of nitrogens with two attached hydrogens (primary N) is 1. The summed E-state index contributed by atoms with van der Waals surface area (Å²) in [5.74, 6) is -3.40. The highest BCUT2D eigenvalue weighted by Gasteiger charge is 2.50. The van der Waals surface area contributed by atoms with E-state index < -0.39 is 46.2 Å². The first-order chi connectivity index (χ1) is 10.6. The van der Waals surface area contributed by atoms with E-state index in [2.05, 4.69) is 5.32 Å². The van der Waals surface area contributed by atoms with Gasteiger partial charge in [-0.2, -0.15) is 13.2 Å². The lowest BCUT2D eigenvalue weighted by molar-refractivity contribution is -0.142. The Morgan fingerprint density at radius 1 is 1.35 bits per heavy atom. The molecule has 1 saturated carbocycles. The maximum absolute atomic E-state index is 13.5. The van der Waals surface area contributed by atoms with Crippen molar-refractivity contribution < 1.29 is 27.9 Å². The fourth-order valence-electron chi connectivity index (χ4n) is 2.98. The van der Waals surface area contributed by atoms with E-state index in [-0.39, 0.29) is 12.8 Å². The Morgan fingerprint density at radius 2 is 1.96 bits per heavy atom. The number of alkyl halides is 3. The first-order valence-corrected chi connectivity index (χ1v) is 7.05. The second-order valence-electron chi connectivity index (χ2n) is 5.64. The van der Waals surface area contributed by atoms with E-state index in [0.717, 1.165) is 12.1 Å². The summed E-state index contributed by atoms with van der Waals surface area (Å²) in [5, 5.41) is 12.8. The number of hydrogen-bond acceptors (Lipinski definition) is 3. The van der Waals surface area contributed by atoms with Gasteiger partial charge in [-0.1, -0.05) is 12.1 Å². The Hall–Kier alpha value is -2.09. The van der Waals surface area contributed by atoms with Crippen LogP contribution in [0.1, 0.15) is 46.7 Å². The van der Waals surface area contributed by atoms with Gasteiger partial charge in [-0.05, 0) is 30.9 Å². The minimum absolute atomic E-state index is 0.211. The number of nitrogens with one attached hydrogen (secondary N) is 1. The minimum atomic E-state index is -4.88. The lowest BCUT2D eigenvalue weighted by atomic mass is 9.67. The van der Waals surface area contributed by atoms with Gasteiger partial charge in [0.05, 0.1) is 22.6 Å². The number of aliphatic hydroxyl groups is 1. The standard InChI is InChI=1S/C15H17F3N2O3/c1-20-13(22)11(14(23)6-3-7-14)8-4-2-5-9(12(19)21)10(8)15(16,17)18/h2,4-5,11,23H,3,6-7H2,1H3,(H2,19,21)(H,20,22). The lowest BCUT2D eigenvalue weighted by Gasteiger charge is -2.43. The van der Waals surface area contributed by atoms with E-state index in [0.29, 0.717) is 6.42 Å². The summed E-state index contributed by atoms with van der Waals surface area (Å²) in [4.78, 5) is 23.5. The molecule has 1 aliphatic carbocycles.